The van der Waals surface area contributed by atoms with E-state index in [0.29, 0.717) is 22.8 Å². The third-order valence-electron chi connectivity index (χ3n) is 5.11. The largest absolute Gasteiger partial charge is 0.484 e. The number of hydrogen-bond acceptors (Lipinski definition) is 6. The Morgan fingerprint density at radius 2 is 1.69 bits per heavy atom. The van der Waals surface area contributed by atoms with Gasteiger partial charge in [0.1, 0.15) is 23.3 Å². The summed E-state index contributed by atoms with van der Waals surface area (Å²) in [6.07, 6.45) is -0.00556. The molecule has 1 aliphatic rings. The molecule has 0 radical (unpaired) electrons. The maximum absolute atomic E-state index is 13.3. The summed E-state index contributed by atoms with van der Waals surface area (Å²) in [6.45, 7) is -0.216. The Morgan fingerprint density at radius 3 is 2.40 bits per heavy atom. The molecule has 35 heavy (non-hydrogen) atoms. The molecule has 0 aliphatic carbocycles. The van der Waals surface area contributed by atoms with Crippen LogP contribution in [-0.2, 0) is 14.4 Å². The number of hydrazone groups is 1. The maximum Gasteiger partial charge on any atom is 0.271 e. The number of nitrogens with two attached hydrogens (primary N) is 1. The van der Waals surface area contributed by atoms with Crippen molar-refractivity contribution in [3.05, 3.63) is 84.7 Å². The predicted molar refractivity (Wildman–Crippen MR) is 130 cm³/mol. The third kappa shape index (κ3) is 5.99. The molecule has 0 aromatic heterocycles. The van der Waals surface area contributed by atoms with Crippen molar-refractivity contribution in [2.24, 2.45) is 10.8 Å². The van der Waals surface area contributed by atoms with Gasteiger partial charge in [-0.25, -0.2) is 4.39 Å². The molecule has 1 atom stereocenters. The number of hydrogen-bond donors (Lipinski definition) is 3. The molecule has 0 bridgehead atoms. The fourth-order valence-corrected chi connectivity index (χ4v) is 3.44. The van der Waals surface area contributed by atoms with Gasteiger partial charge in [-0.1, -0.05) is 24.3 Å². The summed E-state index contributed by atoms with van der Waals surface area (Å²) in [5.74, 6) is -1.58. The lowest BCUT2D eigenvalue weighted by Crippen LogP contribution is -2.39. The van der Waals surface area contributed by atoms with E-state index in [4.69, 9.17) is 10.5 Å². The highest BCUT2D eigenvalue weighted by Crippen LogP contribution is 2.26. The molecule has 1 unspecified atom stereocenters. The van der Waals surface area contributed by atoms with Gasteiger partial charge in [0.25, 0.3) is 11.8 Å². The fourth-order valence-electron chi connectivity index (χ4n) is 3.44. The number of rotatable bonds is 8. The second kappa shape index (κ2) is 10.5. The smallest absolute Gasteiger partial charge is 0.271 e. The van der Waals surface area contributed by atoms with Crippen molar-refractivity contribution in [3.8, 4) is 5.75 Å². The second-order valence-electron chi connectivity index (χ2n) is 7.67. The van der Waals surface area contributed by atoms with E-state index in [0.717, 1.165) is 0 Å². The number of anilines is 3. The average molecular weight is 475 g/mol. The van der Waals surface area contributed by atoms with Crippen LogP contribution in [0.1, 0.15) is 6.42 Å². The first kappa shape index (κ1) is 23.4. The summed E-state index contributed by atoms with van der Waals surface area (Å²) in [4.78, 5) is 36.8. The molecule has 9 nitrogen and oxygen atoms in total. The normalized spacial score (nSPS) is 14.7. The van der Waals surface area contributed by atoms with Crippen LogP contribution in [0.25, 0.3) is 0 Å². The van der Waals surface area contributed by atoms with Gasteiger partial charge < -0.3 is 21.1 Å². The summed E-state index contributed by atoms with van der Waals surface area (Å²) in [5.41, 5.74) is 7.08. The Morgan fingerprint density at radius 1 is 0.971 bits per heavy atom. The SMILES string of the molecule is NC(=O)C1CC(C(=O)Nc2cccc(OCC(=O)Nc3ccccc3)c2)=NN1c1ccc(F)cc1. The van der Waals surface area contributed by atoms with E-state index in [1.165, 1.54) is 29.3 Å². The van der Waals surface area contributed by atoms with Gasteiger partial charge in [0.2, 0.25) is 5.91 Å². The van der Waals surface area contributed by atoms with Crippen LogP contribution in [0.5, 0.6) is 5.75 Å². The zero-order chi connectivity index (χ0) is 24.8. The second-order valence-corrected chi connectivity index (χ2v) is 7.67. The van der Waals surface area contributed by atoms with E-state index in [2.05, 4.69) is 15.7 Å². The number of primary amides is 1. The number of carbonyl (C=O) groups excluding carboxylic acids is 3. The zero-order valence-electron chi connectivity index (χ0n) is 18.5. The molecular weight excluding hydrogens is 453 g/mol. The number of benzene rings is 3. The Labute approximate surface area is 200 Å². The van der Waals surface area contributed by atoms with Crippen LogP contribution in [0.4, 0.5) is 21.5 Å². The highest BCUT2D eigenvalue weighted by atomic mass is 19.1. The number of amides is 3. The summed E-state index contributed by atoms with van der Waals surface area (Å²) in [6, 6.07) is 20.0. The summed E-state index contributed by atoms with van der Waals surface area (Å²) >= 11 is 0. The minimum absolute atomic E-state index is 0.00556. The number of ether oxygens (including phenoxy) is 1. The van der Waals surface area contributed by atoms with E-state index in [-0.39, 0.29) is 24.6 Å². The van der Waals surface area contributed by atoms with Crippen molar-refractivity contribution in [2.45, 2.75) is 12.5 Å². The van der Waals surface area contributed by atoms with Crippen molar-refractivity contribution in [1.29, 1.82) is 0 Å². The number of nitrogens with one attached hydrogen (secondary N) is 2. The Balaban J connectivity index is 1.39. The van der Waals surface area contributed by atoms with Crippen LogP contribution in [0, 0.1) is 5.82 Å². The number of carbonyl (C=O) groups is 3. The minimum atomic E-state index is -0.876. The summed E-state index contributed by atoms with van der Waals surface area (Å²) in [7, 11) is 0. The maximum atomic E-state index is 13.3. The van der Waals surface area contributed by atoms with Crippen LogP contribution < -0.4 is 26.1 Å². The topological polar surface area (TPSA) is 126 Å². The Bertz CT molecular complexity index is 1260. The lowest BCUT2D eigenvalue weighted by molar-refractivity contribution is -0.119. The van der Waals surface area contributed by atoms with E-state index in [1.807, 2.05) is 18.2 Å². The molecular formula is C25H22FN5O4. The quantitative estimate of drug-likeness (QED) is 0.462. The van der Waals surface area contributed by atoms with E-state index >= 15 is 0 Å². The molecule has 178 valence electrons. The molecule has 0 saturated heterocycles. The van der Waals surface area contributed by atoms with Gasteiger partial charge in [-0.15, -0.1) is 0 Å². The van der Waals surface area contributed by atoms with Gasteiger partial charge in [0.15, 0.2) is 6.61 Å². The van der Waals surface area contributed by atoms with E-state index < -0.39 is 23.7 Å². The van der Waals surface area contributed by atoms with Crippen LogP contribution >= 0.6 is 0 Å². The van der Waals surface area contributed by atoms with Crippen molar-refractivity contribution >= 4 is 40.5 Å². The molecule has 0 saturated carbocycles. The number of halogens is 1. The monoisotopic (exact) mass is 475 g/mol. The van der Waals surface area contributed by atoms with Gasteiger partial charge in [-0.05, 0) is 48.5 Å². The highest BCUT2D eigenvalue weighted by molar-refractivity contribution is 6.44. The van der Waals surface area contributed by atoms with Crippen LogP contribution in [0.2, 0.25) is 0 Å². The molecule has 1 heterocycles. The molecule has 0 spiro atoms. The summed E-state index contributed by atoms with van der Waals surface area (Å²) in [5, 5.41) is 11.0. The van der Waals surface area contributed by atoms with Gasteiger partial charge in [-0.2, -0.15) is 5.10 Å². The van der Waals surface area contributed by atoms with Crippen LogP contribution in [0.3, 0.4) is 0 Å². The van der Waals surface area contributed by atoms with Crippen LogP contribution in [-0.4, -0.2) is 36.1 Å². The molecule has 3 aromatic rings. The molecule has 10 heteroatoms. The predicted octanol–water partition coefficient (Wildman–Crippen LogP) is 2.90. The lowest BCUT2D eigenvalue weighted by Gasteiger charge is -2.20. The molecule has 0 fully saturated rings. The summed E-state index contributed by atoms with van der Waals surface area (Å²) < 4.78 is 18.8. The molecule has 4 N–H and O–H groups in total. The molecule has 4 rings (SSSR count). The first-order valence-electron chi connectivity index (χ1n) is 10.7. The Kier molecular flexibility index (Phi) is 7.01. The van der Waals surface area contributed by atoms with Gasteiger partial charge in [0, 0.05) is 23.9 Å². The number of para-hydroxylation sites is 1. The molecule has 3 amide bonds. The molecule has 3 aromatic carbocycles. The van der Waals surface area contributed by atoms with Crippen molar-refractivity contribution < 1.29 is 23.5 Å². The zero-order valence-corrected chi connectivity index (χ0v) is 18.5. The standard InChI is InChI=1S/C25H22FN5O4/c26-16-9-11-19(12-10-16)31-22(24(27)33)14-21(30-31)25(34)29-18-7-4-8-20(13-18)35-15-23(32)28-17-5-2-1-3-6-17/h1-13,22H,14-15H2,(H2,27,33)(H,28,32)(H,29,34). The average Bonchev–Trinajstić information content (AvgIpc) is 3.30. The fraction of sp³-hybridized carbons (Fsp3) is 0.120. The van der Waals surface area contributed by atoms with E-state index in [9.17, 15) is 18.8 Å². The minimum Gasteiger partial charge on any atom is -0.484 e. The van der Waals surface area contributed by atoms with Gasteiger partial charge in [-0.3, -0.25) is 19.4 Å². The highest BCUT2D eigenvalue weighted by Gasteiger charge is 2.35. The van der Waals surface area contributed by atoms with Crippen molar-refractivity contribution in [2.75, 3.05) is 22.2 Å². The van der Waals surface area contributed by atoms with Crippen LogP contribution in [0.15, 0.2) is 84.0 Å². The van der Waals surface area contributed by atoms with Crippen molar-refractivity contribution in [1.82, 2.24) is 0 Å². The van der Waals surface area contributed by atoms with E-state index in [1.54, 1.807) is 36.4 Å². The number of nitrogens with zero attached hydrogens (tertiary/aromatic N) is 2. The first-order chi connectivity index (χ1) is 16.9. The van der Waals surface area contributed by atoms with Gasteiger partial charge >= 0.3 is 0 Å². The molecule has 1 aliphatic heterocycles. The van der Waals surface area contributed by atoms with Crippen molar-refractivity contribution in [3.63, 3.8) is 0 Å². The third-order valence-corrected chi connectivity index (χ3v) is 5.11. The van der Waals surface area contributed by atoms with Gasteiger partial charge in [0.05, 0.1) is 5.69 Å². The Hall–Kier alpha value is -4.73. The first-order valence-corrected chi connectivity index (χ1v) is 10.7. The lowest BCUT2D eigenvalue weighted by atomic mass is 10.1.